The highest BCUT2D eigenvalue weighted by Crippen LogP contribution is 2.28. The van der Waals surface area contributed by atoms with Crippen LogP contribution in [0.15, 0.2) is 42.5 Å². The lowest BCUT2D eigenvalue weighted by atomic mass is 10.1. The number of nitrogens with two attached hydrogens (primary N) is 1. The van der Waals surface area contributed by atoms with E-state index in [0.717, 1.165) is 0 Å². The van der Waals surface area contributed by atoms with Crippen LogP contribution in [0.2, 0.25) is 5.02 Å². The highest BCUT2D eigenvalue weighted by Gasteiger charge is 2.18. The summed E-state index contributed by atoms with van der Waals surface area (Å²) in [6.45, 7) is 0. The first-order valence-corrected chi connectivity index (χ1v) is 6.57. The molecule has 0 aromatic heterocycles. The molecule has 2 aromatic carbocycles. The summed E-state index contributed by atoms with van der Waals surface area (Å²) < 4.78 is 5.07. The number of halogens is 1. The van der Waals surface area contributed by atoms with Crippen LogP contribution in [0.3, 0.4) is 0 Å². The van der Waals surface area contributed by atoms with E-state index >= 15 is 0 Å². The number of nitrogens with one attached hydrogen (secondary N) is 1. The largest absolute Gasteiger partial charge is 0.506 e. The van der Waals surface area contributed by atoms with Crippen molar-refractivity contribution in [2.24, 2.45) is 5.73 Å². The summed E-state index contributed by atoms with van der Waals surface area (Å²) in [4.78, 5) is 11.7. The van der Waals surface area contributed by atoms with Gasteiger partial charge in [0.2, 0.25) is 5.91 Å². The van der Waals surface area contributed by atoms with Crippen LogP contribution in [0.25, 0.3) is 0 Å². The average Bonchev–Trinajstić information content (AvgIpc) is 2.48. The van der Waals surface area contributed by atoms with Crippen molar-refractivity contribution < 1.29 is 14.6 Å². The van der Waals surface area contributed by atoms with Gasteiger partial charge in [0.25, 0.3) is 0 Å². The number of phenolic OH excluding ortho intramolecular Hbond substituents is 1. The molecule has 0 radical (unpaired) electrons. The molecule has 0 aliphatic rings. The van der Waals surface area contributed by atoms with Gasteiger partial charge in [-0.05, 0) is 42.0 Å². The third-order valence-corrected chi connectivity index (χ3v) is 3.29. The van der Waals surface area contributed by atoms with Gasteiger partial charge in [0.1, 0.15) is 17.5 Å². The SMILES string of the molecule is COc1ccc(NC(C(N)=O)c2ccc(O)c(Cl)c2)cc1. The number of hydrogen-bond donors (Lipinski definition) is 3. The number of anilines is 1. The standard InChI is InChI=1S/C15H15ClN2O3/c1-21-11-5-3-10(4-6-11)18-14(15(17)20)9-2-7-13(19)12(16)8-9/h2-8,14,18-19H,1H3,(H2,17,20). The number of rotatable bonds is 5. The molecule has 1 amide bonds. The van der Waals surface area contributed by atoms with Crippen molar-refractivity contribution in [3.63, 3.8) is 0 Å². The Kier molecular flexibility index (Phi) is 4.55. The third kappa shape index (κ3) is 3.58. The second kappa shape index (κ2) is 6.37. The summed E-state index contributed by atoms with van der Waals surface area (Å²) in [5.74, 6) is 0.115. The Hall–Kier alpha value is -2.40. The lowest BCUT2D eigenvalue weighted by Gasteiger charge is -2.18. The predicted octanol–water partition coefficient (Wildman–Crippen LogP) is 2.69. The van der Waals surface area contributed by atoms with E-state index in [4.69, 9.17) is 22.1 Å². The number of carbonyl (C=O) groups is 1. The summed E-state index contributed by atoms with van der Waals surface area (Å²) in [6.07, 6.45) is 0. The molecule has 4 N–H and O–H groups in total. The molecule has 0 heterocycles. The number of phenols is 1. The third-order valence-electron chi connectivity index (χ3n) is 2.99. The van der Waals surface area contributed by atoms with Crippen LogP contribution in [0.5, 0.6) is 11.5 Å². The predicted molar refractivity (Wildman–Crippen MR) is 81.7 cm³/mol. The number of amides is 1. The first kappa shape index (κ1) is 15.0. The van der Waals surface area contributed by atoms with Gasteiger partial charge < -0.3 is 20.9 Å². The number of aromatic hydroxyl groups is 1. The van der Waals surface area contributed by atoms with Gasteiger partial charge in [-0.3, -0.25) is 4.79 Å². The molecule has 2 aromatic rings. The molecule has 0 aliphatic carbocycles. The van der Waals surface area contributed by atoms with Crippen molar-refractivity contribution in [3.8, 4) is 11.5 Å². The number of ether oxygens (including phenoxy) is 1. The number of benzene rings is 2. The van der Waals surface area contributed by atoms with Crippen molar-refractivity contribution in [1.29, 1.82) is 0 Å². The highest BCUT2D eigenvalue weighted by molar-refractivity contribution is 6.32. The summed E-state index contributed by atoms with van der Waals surface area (Å²) in [6, 6.07) is 10.8. The van der Waals surface area contributed by atoms with Gasteiger partial charge >= 0.3 is 0 Å². The minimum absolute atomic E-state index is 0.0481. The van der Waals surface area contributed by atoms with Gasteiger partial charge in [-0.25, -0.2) is 0 Å². The monoisotopic (exact) mass is 306 g/mol. The molecule has 2 rings (SSSR count). The Labute approximate surface area is 127 Å². The van der Waals surface area contributed by atoms with Crippen LogP contribution in [-0.4, -0.2) is 18.1 Å². The number of methoxy groups -OCH3 is 1. The fourth-order valence-corrected chi connectivity index (χ4v) is 2.06. The van der Waals surface area contributed by atoms with E-state index in [9.17, 15) is 9.90 Å². The van der Waals surface area contributed by atoms with Crippen molar-refractivity contribution >= 4 is 23.2 Å². The smallest absolute Gasteiger partial charge is 0.244 e. The van der Waals surface area contributed by atoms with Gasteiger partial charge in [0.05, 0.1) is 12.1 Å². The van der Waals surface area contributed by atoms with E-state index < -0.39 is 11.9 Å². The van der Waals surface area contributed by atoms with E-state index in [1.807, 2.05) is 0 Å². The molecular formula is C15H15ClN2O3. The first-order valence-electron chi connectivity index (χ1n) is 6.19. The fraction of sp³-hybridized carbons (Fsp3) is 0.133. The van der Waals surface area contributed by atoms with Gasteiger partial charge in [-0.2, -0.15) is 0 Å². The molecule has 6 heteroatoms. The van der Waals surface area contributed by atoms with Gasteiger partial charge in [0.15, 0.2) is 0 Å². The highest BCUT2D eigenvalue weighted by atomic mass is 35.5. The van der Waals surface area contributed by atoms with Crippen LogP contribution < -0.4 is 15.8 Å². The van der Waals surface area contributed by atoms with Crippen molar-refractivity contribution in [2.45, 2.75) is 6.04 Å². The van der Waals surface area contributed by atoms with Crippen molar-refractivity contribution in [2.75, 3.05) is 12.4 Å². The van der Waals surface area contributed by atoms with Crippen molar-refractivity contribution in [1.82, 2.24) is 0 Å². The van der Waals surface area contributed by atoms with E-state index in [1.165, 1.54) is 12.1 Å². The number of primary amides is 1. The number of hydrogen-bond acceptors (Lipinski definition) is 4. The van der Waals surface area contributed by atoms with E-state index in [-0.39, 0.29) is 10.8 Å². The molecule has 0 fully saturated rings. The maximum atomic E-state index is 11.7. The quantitative estimate of drug-likeness (QED) is 0.793. The zero-order valence-corrected chi connectivity index (χ0v) is 12.1. The van der Waals surface area contributed by atoms with E-state index in [1.54, 1.807) is 37.4 Å². The average molecular weight is 307 g/mol. The molecule has 1 unspecified atom stereocenters. The normalized spacial score (nSPS) is 11.7. The van der Waals surface area contributed by atoms with E-state index in [2.05, 4.69) is 5.32 Å². The molecule has 0 saturated heterocycles. The summed E-state index contributed by atoms with van der Waals surface area (Å²) in [5.41, 5.74) is 6.71. The Balaban J connectivity index is 2.26. The second-order valence-electron chi connectivity index (χ2n) is 4.42. The Bertz CT molecular complexity index is 644. The molecule has 0 aliphatic heterocycles. The Morgan fingerprint density at radius 1 is 1.29 bits per heavy atom. The topological polar surface area (TPSA) is 84.6 Å². The van der Waals surface area contributed by atoms with Crippen LogP contribution in [0, 0.1) is 0 Å². The molecule has 110 valence electrons. The molecule has 0 bridgehead atoms. The molecule has 0 spiro atoms. The van der Waals surface area contributed by atoms with Gasteiger partial charge in [0, 0.05) is 5.69 Å². The molecule has 21 heavy (non-hydrogen) atoms. The lowest BCUT2D eigenvalue weighted by molar-refractivity contribution is -0.118. The lowest BCUT2D eigenvalue weighted by Crippen LogP contribution is -2.27. The molecular weight excluding hydrogens is 292 g/mol. The minimum Gasteiger partial charge on any atom is -0.506 e. The second-order valence-corrected chi connectivity index (χ2v) is 4.83. The van der Waals surface area contributed by atoms with Gasteiger partial charge in [-0.1, -0.05) is 17.7 Å². The summed E-state index contributed by atoms with van der Waals surface area (Å²) in [5, 5.41) is 12.6. The fourth-order valence-electron chi connectivity index (χ4n) is 1.88. The van der Waals surface area contributed by atoms with Crippen LogP contribution in [-0.2, 0) is 4.79 Å². The van der Waals surface area contributed by atoms with Gasteiger partial charge in [-0.15, -0.1) is 0 Å². The van der Waals surface area contributed by atoms with Crippen LogP contribution in [0.1, 0.15) is 11.6 Å². The molecule has 1 atom stereocenters. The first-order chi connectivity index (χ1) is 10.0. The summed E-state index contributed by atoms with van der Waals surface area (Å²) >= 11 is 5.86. The number of carbonyl (C=O) groups excluding carboxylic acids is 1. The molecule has 0 saturated carbocycles. The van der Waals surface area contributed by atoms with Crippen molar-refractivity contribution in [3.05, 3.63) is 53.1 Å². The summed E-state index contributed by atoms with van der Waals surface area (Å²) in [7, 11) is 1.58. The van der Waals surface area contributed by atoms with Crippen LogP contribution >= 0.6 is 11.6 Å². The zero-order chi connectivity index (χ0) is 15.4. The zero-order valence-electron chi connectivity index (χ0n) is 11.3. The van der Waals surface area contributed by atoms with Crippen LogP contribution in [0.4, 0.5) is 5.69 Å². The minimum atomic E-state index is -0.753. The molecule has 5 nitrogen and oxygen atoms in total. The Morgan fingerprint density at radius 2 is 1.95 bits per heavy atom. The maximum Gasteiger partial charge on any atom is 0.244 e. The van der Waals surface area contributed by atoms with E-state index in [0.29, 0.717) is 17.0 Å². The maximum absolute atomic E-state index is 11.7. The Morgan fingerprint density at radius 3 is 2.48 bits per heavy atom.